The molecule has 4 rings (SSSR count). The van der Waals surface area contributed by atoms with Gasteiger partial charge in [0.1, 0.15) is 18.1 Å². The number of ether oxygens (including phenoxy) is 1. The molecule has 2 aromatic carbocycles. The van der Waals surface area contributed by atoms with Gasteiger partial charge in [0, 0.05) is 21.7 Å². The Morgan fingerprint density at radius 2 is 2.08 bits per heavy atom. The molecule has 7 nitrogen and oxygen atoms in total. The van der Waals surface area contributed by atoms with E-state index in [0.29, 0.717) is 18.2 Å². The maximum absolute atomic E-state index is 12.2. The molecule has 0 bridgehead atoms. The van der Waals surface area contributed by atoms with E-state index in [4.69, 9.17) is 4.74 Å². The number of nitrogens with zero attached hydrogens (tertiary/aromatic N) is 4. The highest BCUT2D eigenvalue weighted by atomic mass is 127. The number of benzene rings is 2. The van der Waals surface area contributed by atoms with Gasteiger partial charge < -0.3 is 9.84 Å². The first-order valence-corrected chi connectivity index (χ1v) is 9.35. The molecule has 0 saturated heterocycles. The van der Waals surface area contributed by atoms with Crippen LogP contribution in [0, 0.1) is 3.57 Å². The Bertz CT molecular complexity index is 1020. The Kier molecular flexibility index (Phi) is 4.43. The fourth-order valence-corrected chi connectivity index (χ4v) is 3.52. The molecule has 0 atom stereocenters. The minimum absolute atomic E-state index is 0.250. The highest BCUT2D eigenvalue weighted by Gasteiger charge is 2.27. The molecular formula is C18H17IN4O3. The third kappa shape index (κ3) is 3.20. The van der Waals surface area contributed by atoms with Crippen LogP contribution in [0.1, 0.15) is 29.9 Å². The number of phenols is 1. The maximum atomic E-state index is 12.2. The van der Waals surface area contributed by atoms with Crippen LogP contribution >= 0.6 is 22.6 Å². The number of hydrogen-bond donors (Lipinski definition) is 1. The lowest BCUT2D eigenvalue weighted by molar-refractivity contribution is 0.301. The lowest BCUT2D eigenvalue weighted by atomic mass is 10.1. The number of hydrogen-bond acceptors (Lipinski definition) is 5. The SMILES string of the molecule is Cn1nnn(-c2cccc(I)c2COc2ccc(O)cc2C2CC2)c1=O. The summed E-state index contributed by atoms with van der Waals surface area (Å²) in [6.07, 6.45) is 2.23. The van der Waals surface area contributed by atoms with Crippen molar-refractivity contribution in [2.75, 3.05) is 0 Å². The van der Waals surface area contributed by atoms with Crippen molar-refractivity contribution in [1.82, 2.24) is 19.8 Å². The van der Waals surface area contributed by atoms with E-state index in [2.05, 4.69) is 33.0 Å². The van der Waals surface area contributed by atoms with Gasteiger partial charge in [-0.1, -0.05) is 6.07 Å². The Labute approximate surface area is 163 Å². The minimum atomic E-state index is -0.309. The second-order valence-corrected chi connectivity index (χ2v) is 7.48. The third-order valence-electron chi connectivity index (χ3n) is 4.43. The molecule has 134 valence electrons. The fraction of sp³-hybridized carbons (Fsp3) is 0.278. The Morgan fingerprint density at radius 3 is 2.77 bits per heavy atom. The van der Waals surface area contributed by atoms with Gasteiger partial charge in [0.15, 0.2) is 0 Å². The van der Waals surface area contributed by atoms with Crippen molar-refractivity contribution in [1.29, 1.82) is 0 Å². The van der Waals surface area contributed by atoms with Crippen LogP contribution in [0.3, 0.4) is 0 Å². The van der Waals surface area contributed by atoms with E-state index in [1.807, 2.05) is 18.2 Å². The number of halogens is 1. The zero-order valence-electron chi connectivity index (χ0n) is 14.1. The van der Waals surface area contributed by atoms with Crippen LogP contribution in [0.15, 0.2) is 41.2 Å². The molecule has 1 heterocycles. The van der Waals surface area contributed by atoms with Crippen LogP contribution in [0.25, 0.3) is 5.69 Å². The van der Waals surface area contributed by atoms with Crippen LogP contribution in [-0.4, -0.2) is 24.9 Å². The van der Waals surface area contributed by atoms with Crippen molar-refractivity contribution >= 4 is 22.6 Å². The van der Waals surface area contributed by atoms with Crippen LogP contribution in [-0.2, 0) is 13.7 Å². The first kappa shape index (κ1) is 17.1. The third-order valence-corrected chi connectivity index (χ3v) is 5.44. The van der Waals surface area contributed by atoms with Gasteiger partial charge in [-0.15, -0.1) is 0 Å². The van der Waals surface area contributed by atoms with Crippen molar-refractivity contribution in [3.63, 3.8) is 0 Å². The predicted molar refractivity (Wildman–Crippen MR) is 104 cm³/mol. The highest BCUT2D eigenvalue weighted by Crippen LogP contribution is 2.45. The van der Waals surface area contributed by atoms with Crippen molar-refractivity contribution in [3.05, 3.63) is 61.6 Å². The summed E-state index contributed by atoms with van der Waals surface area (Å²) in [6.45, 7) is 0.294. The smallest absolute Gasteiger partial charge is 0.368 e. The number of aryl methyl sites for hydroxylation is 1. The maximum Gasteiger partial charge on any atom is 0.368 e. The molecule has 0 amide bonds. The first-order chi connectivity index (χ1) is 12.5. The number of phenolic OH excluding ortho intramolecular Hbond substituents is 1. The highest BCUT2D eigenvalue weighted by molar-refractivity contribution is 14.1. The fourth-order valence-electron chi connectivity index (χ4n) is 2.88. The molecule has 1 N–H and O–H groups in total. The summed E-state index contributed by atoms with van der Waals surface area (Å²) >= 11 is 2.22. The van der Waals surface area contributed by atoms with E-state index in [1.54, 1.807) is 25.2 Å². The minimum Gasteiger partial charge on any atom is -0.508 e. The largest absolute Gasteiger partial charge is 0.508 e. The molecule has 1 aromatic heterocycles. The van der Waals surface area contributed by atoms with Crippen molar-refractivity contribution in [2.24, 2.45) is 7.05 Å². The molecular weight excluding hydrogens is 447 g/mol. The lowest BCUT2D eigenvalue weighted by Gasteiger charge is -2.14. The monoisotopic (exact) mass is 464 g/mol. The molecule has 0 spiro atoms. The summed E-state index contributed by atoms with van der Waals surface area (Å²) in [5.74, 6) is 1.47. The topological polar surface area (TPSA) is 82.2 Å². The second-order valence-electron chi connectivity index (χ2n) is 6.32. The molecule has 1 saturated carbocycles. The van der Waals surface area contributed by atoms with Gasteiger partial charge in [-0.2, -0.15) is 9.36 Å². The van der Waals surface area contributed by atoms with Gasteiger partial charge in [0.25, 0.3) is 0 Å². The first-order valence-electron chi connectivity index (χ1n) is 8.27. The normalized spacial score (nSPS) is 13.8. The van der Waals surface area contributed by atoms with E-state index >= 15 is 0 Å². The average Bonchev–Trinajstić information content (AvgIpc) is 3.41. The second kappa shape index (κ2) is 6.75. The van der Waals surface area contributed by atoms with E-state index in [0.717, 1.165) is 33.3 Å². The zero-order valence-corrected chi connectivity index (χ0v) is 16.3. The Hall–Kier alpha value is -2.36. The summed E-state index contributed by atoms with van der Waals surface area (Å²) in [6, 6.07) is 10.9. The molecule has 1 fully saturated rings. The van der Waals surface area contributed by atoms with Gasteiger partial charge in [-0.05, 0) is 82.1 Å². The standard InChI is InChI=1S/C18H17IN4O3/c1-22-18(25)23(21-20-22)16-4-2-3-15(19)14(16)10-26-17-8-7-12(24)9-13(17)11-5-6-11/h2-4,7-9,11,24H,5-6,10H2,1H3. The van der Waals surface area contributed by atoms with Gasteiger partial charge in [-0.25, -0.2) is 4.79 Å². The predicted octanol–water partition coefficient (Wildman–Crippen LogP) is 2.73. The van der Waals surface area contributed by atoms with Crippen LogP contribution in [0.4, 0.5) is 0 Å². The Balaban J connectivity index is 1.68. The average molecular weight is 464 g/mol. The summed E-state index contributed by atoms with van der Waals surface area (Å²) in [5, 5.41) is 17.5. The van der Waals surface area contributed by atoms with Crippen molar-refractivity contribution < 1.29 is 9.84 Å². The summed E-state index contributed by atoms with van der Waals surface area (Å²) < 4.78 is 9.53. The quantitative estimate of drug-likeness (QED) is 0.588. The molecule has 8 heteroatoms. The molecule has 26 heavy (non-hydrogen) atoms. The van der Waals surface area contributed by atoms with E-state index in [9.17, 15) is 9.90 Å². The number of aromatic nitrogens is 4. The molecule has 3 aromatic rings. The molecule has 0 unspecified atom stereocenters. The van der Waals surface area contributed by atoms with Gasteiger partial charge in [0.2, 0.25) is 0 Å². The summed E-state index contributed by atoms with van der Waals surface area (Å²) in [5.41, 5.74) is 2.25. The van der Waals surface area contributed by atoms with Gasteiger partial charge >= 0.3 is 5.69 Å². The van der Waals surface area contributed by atoms with Gasteiger partial charge in [-0.3, -0.25) is 0 Å². The van der Waals surface area contributed by atoms with Gasteiger partial charge in [0.05, 0.1) is 5.69 Å². The summed E-state index contributed by atoms with van der Waals surface area (Å²) in [7, 11) is 1.56. The number of tetrazole rings is 1. The van der Waals surface area contributed by atoms with Crippen molar-refractivity contribution in [2.45, 2.75) is 25.4 Å². The molecule has 0 aliphatic heterocycles. The van der Waals surface area contributed by atoms with Crippen molar-refractivity contribution in [3.8, 4) is 17.2 Å². The van der Waals surface area contributed by atoms with Crippen LogP contribution in [0.5, 0.6) is 11.5 Å². The lowest BCUT2D eigenvalue weighted by Crippen LogP contribution is -2.23. The summed E-state index contributed by atoms with van der Waals surface area (Å²) in [4.78, 5) is 12.2. The Morgan fingerprint density at radius 1 is 1.27 bits per heavy atom. The van der Waals surface area contributed by atoms with E-state index in [-0.39, 0.29) is 11.4 Å². The number of aromatic hydroxyl groups is 1. The van der Waals surface area contributed by atoms with Crippen LogP contribution < -0.4 is 10.4 Å². The molecule has 0 radical (unpaired) electrons. The number of rotatable bonds is 5. The molecule has 1 aliphatic carbocycles. The van der Waals surface area contributed by atoms with E-state index < -0.39 is 0 Å². The zero-order chi connectivity index (χ0) is 18.3. The van der Waals surface area contributed by atoms with Crippen LogP contribution in [0.2, 0.25) is 0 Å². The van der Waals surface area contributed by atoms with E-state index in [1.165, 1.54) is 9.36 Å². The molecule has 1 aliphatic rings.